The third-order valence-electron chi connectivity index (χ3n) is 5.15. The molecule has 0 aromatic heterocycles. The lowest BCUT2D eigenvalue weighted by Gasteiger charge is -2.51. The Morgan fingerprint density at radius 2 is 1.95 bits per heavy atom. The van der Waals surface area contributed by atoms with Crippen molar-refractivity contribution in [1.82, 2.24) is 10.2 Å². The van der Waals surface area contributed by atoms with Crippen LogP contribution in [0, 0.1) is 0 Å². The zero-order valence-electron chi connectivity index (χ0n) is 13.3. The van der Waals surface area contributed by atoms with Gasteiger partial charge >= 0.3 is 0 Å². The molecule has 0 aromatic carbocycles. The lowest BCUT2D eigenvalue weighted by Crippen LogP contribution is -2.65. The Morgan fingerprint density at radius 1 is 1.26 bits per heavy atom. The molecular formula is C16H32N2S. The predicted octanol–water partition coefficient (Wildman–Crippen LogP) is 3.51. The van der Waals surface area contributed by atoms with E-state index in [0.717, 1.165) is 6.04 Å². The molecule has 1 unspecified atom stereocenters. The lowest BCUT2D eigenvalue weighted by molar-refractivity contribution is 0.0494. The Hall–Kier alpha value is 0.270. The summed E-state index contributed by atoms with van der Waals surface area (Å²) in [6.45, 7) is 10.8. The van der Waals surface area contributed by atoms with Crippen LogP contribution in [0.1, 0.15) is 59.3 Å². The maximum atomic E-state index is 3.92. The van der Waals surface area contributed by atoms with Gasteiger partial charge in [-0.25, -0.2) is 0 Å². The summed E-state index contributed by atoms with van der Waals surface area (Å²) in [4.78, 5) is 2.79. The zero-order chi connectivity index (χ0) is 13.9. The smallest absolute Gasteiger partial charge is 0.0309 e. The largest absolute Gasteiger partial charge is 0.308 e. The highest BCUT2D eigenvalue weighted by atomic mass is 32.2. The molecule has 1 saturated heterocycles. The first-order valence-electron chi connectivity index (χ1n) is 8.04. The van der Waals surface area contributed by atoms with Crippen molar-refractivity contribution < 1.29 is 0 Å². The van der Waals surface area contributed by atoms with Crippen molar-refractivity contribution in [3.8, 4) is 0 Å². The molecule has 3 heteroatoms. The van der Waals surface area contributed by atoms with E-state index < -0.39 is 0 Å². The Morgan fingerprint density at radius 3 is 2.53 bits per heavy atom. The number of hydrogen-bond acceptors (Lipinski definition) is 3. The first kappa shape index (κ1) is 15.7. The number of nitrogens with one attached hydrogen (secondary N) is 1. The van der Waals surface area contributed by atoms with Crippen LogP contribution in [0.25, 0.3) is 0 Å². The quantitative estimate of drug-likeness (QED) is 0.850. The molecule has 19 heavy (non-hydrogen) atoms. The molecule has 1 aliphatic carbocycles. The van der Waals surface area contributed by atoms with E-state index in [4.69, 9.17) is 0 Å². The van der Waals surface area contributed by atoms with Gasteiger partial charge in [-0.1, -0.05) is 26.2 Å². The van der Waals surface area contributed by atoms with Gasteiger partial charge in [0.2, 0.25) is 0 Å². The van der Waals surface area contributed by atoms with Gasteiger partial charge in [0.15, 0.2) is 0 Å². The highest BCUT2D eigenvalue weighted by Gasteiger charge is 2.40. The molecule has 112 valence electrons. The number of hydrogen-bond donors (Lipinski definition) is 1. The van der Waals surface area contributed by atoms with Gasteiger partial charge in [-0.15, -0.1) is 0 Å². The lowest BCUT2D eigenvalue weighted by atomic mass is 9.79. The summed E-state index contributed by atoms with van der Waals surface area (Å²) in [6, 6.07) is 0.735. The Balaban J connectivity index is 2.04. The van der Waals surface area contributed by atoms with Crippen molar-refractivity contribution in [1.29, 1.82) is 0 Å². The van der Waals surface area contributed by atoms with Gasteiger partial charge in [0.05, 0.1) is 0 Å². The minimum atomic E-state index is 0.376. The topological polar surface area (TPSA) is 15.3 Å². The van der Waals surface area contributed by atoms with E-state index in [0.29, 0.717) is 10.3 Å². The van der Waals surface area contributed by atoms with Crippen molar-refractivity contribution in [2.75, 3.05) is 25.9 Å². The van der Waals surface area contributed by atoms with Crippen LogP contribution >= 0.6 is 11.8 Å². The van der Waals surface area contributed by atoms with Gasteiger partial charge in [0, 0.05) is 36.0 Å². The zero-order valence-corrected chi connectivity index (χ0v) is 14.1. The average Bonchev–Trinajstić information content (AvgIpc) is 2.40. The molecule has 1 N–H and O–H groups in total. The number of piperazine rings is 1. The van der Waals surface area contributed by atoms with E-state index >= 15 is 0 Å². The van der Waals surface area contributed by atoms with Crippen molar-refractivity contribution in [3.63, 3.8) is 0 Å². The molecule has 0 radical (unpaired) electrons. The van der Waals surface area contributed by atoms with Gasteiger partial charge < -0.3 is 5.32 Å². The first-order chi connectivity index (χ1) is 9.00. The normalized spacial score (nSPS) is 28.7. The van der Waals surface area contributed by atoms with E-state index in [9.17, 15) is 0 Å². The Bertz CT molecular complexity index is 284. The van der Waals surface area contributed by atoms with E-state index in [-0.39, 0.29) is 0 Å². The van der Waals surface area contributed by atoms with E-state index in [1.54, 1.807) is 0 Å². The highest BCUT2D eigenvalue weighted by Crippen LogP contribution is 2.34. The highest BCUT2D eigenvalue weighted by molar-refractivity contribution is 7.99. The fraction of sp³-hybridized carbons (Fsp3) is 1.00. The van der Waals surface area contributed by atoms with E-state index in [1.165, 1.54) is 58.2 Å². The monoisotopic (exact) mass is 284 g/mol. The van der Waals surface area contributed by atoms with Gasteiger partial charge in [-0.2, -0.15) is 11.8 Å². The van der Waals surface area contributed by atoms with Gasteiger partial charge in [-0.3, -0.25) is 4.90 Å². The fourth-order valence-electron chi connectivity index (χ4n) is 3.74. The van der Waals surface area contributed by atoms with Crippen molar-refractivity contribution in [2.24, 2.45) is 0 Å². The fourth-order valence-corrected chi connectivity index (χ4v) is 4.04. The maximum Gasteiger partial charge on any atom is 0.0309 e. The van der Waals surface area contributed by atoms with Crippen LogP contribution in [0.5, 0.6) is 0 Å². The predicted molar refractivity (Wildman–Crippen MR) is 87.1 cm³/mol. The average molecular weight is 285 g/mol. The summed E-state index contributed by atoms with van der Waals surface area (Å²) in [7, 11) is 0. The van der Waals surface area contributed by atoms with Gasteiger partial charge in [0.1, 0.15) is 0 Å². The number of thioether (sulfide) groups is 1. The summed E-state index contributed by atoms with van der Waals surface area (Å²) in [5.74, 6) is 0. The summed E-state index contributed by atoms with van der Waals surface area (Å²) in [5.41, 5.74) is 0.443. The molecule has 2 fully saturated rings. The summed E-state index contributed by atoms with van der Waals surface area (Å²) < 4.78 is 0.376. The molecule has 1 aliphatic heterocycles. The molecule has 2 aliphatic rings. The maximum absolute atomic E-state index is 3.92. The third kappa shape index (κ3) is 3.89. The van der Waals surface area contributed by atoms with Crippen LogP contribution in [-0.2, 0) is 0 Å². The van der Waals surface area contributed by atoms with Crippen molar-refractivity contribution >= 4 is 11.8 Å². The van der Waals surface area contributed by atoms with E-state index in [1.807, 2.05) is 11.8 Å². The molecule has 0 amide bonds. The van der Waals surface area contributed by atoms with Crippen LogP contribution in [-0.4, -0.2) is 47.1 Å². The van der Waals surface area contributed by atoms with Crippen LogP contribution in [0.3, 0.4) is 0 Å². The van der Waals surface area contributed by atoms with Crippen LogP contribution in [0.15, 0.2) is 0 Å². The summed E-state index contributed by atoms with van der Waals surface area (Å²) in [6.07, 6.45) is 10.6. The third-order valence-corrected chi connectivity index (χ3v) is 6.39. The number of nitrogens with zero attached hydrogens (tertiary/aromatic N) is 1. The molecule has 2 nitrogen and oxygen atoms in total. The molecule has 2 rings (SSSR count). The van der Waals surface area contributed by atoms with E-state index in [2.05, 4.69) is 37.2 Å². The Kier molecular flexibility index (Phi) is 5.24. The second-order valence-corrected chi connectivity index (χ2v) is 8.67. The van der Waals surface area contributed by atoms with Gasteiger partial charge in [0.25, 0.3) is 0 Å². The second kappa shape index (κ2) is 6.36. The second-order valence-electron chi connectivity index (χ2n) is 7.15. The number of rotatable bonds is 4. The van der Waals surface area contributed by atoms with Gasteiger partial charge in [-0.05, 0) is 39.4 Å². The summed E-state index contributed by atoms with van der Waals surface area (Å²) >= 11 is 2.01. The van der Waals surface area contributed by atoms with Crippen LogP contribution in [0.2, 0.25) is 0 Å². The first-order valence-corrected chi connectivity index (χ1v) is 9.27. The van der Waals surface area contributed by atoms with Crippen LogP contribution < -0.4 is 5.32 Å². The summed E-state index contributed by atoms with van der Waals surface area (Å²) in [5, 5.41) is 3.92. The molecular weight excluding hydrogens is 252 g/mol. The molecule has 1 saturated carbocycles. The van der Waals surface area contributed by atoms with Crippen LogP contribution in [0.4, 0.5) is 0 Å². The Labute approximate surface area is 124 Å². The van der Waals surface area contributed by atoms with Crippen molar-refractivity contribution in [3.05, 3.63) is 0 Å². The molecule has 1 spiro atoms. The SMILES string of the molecule is CCC1CNC2(CCCCC2)CN1CC(C)(C)SC. The molecule has 0 bridgehead atoms. The van der Waals surface area contributed by atoms with Crippen molar-refractivity contribution in [2.45, 2.75) is 75.6 Å². The minimum Gasteiger partial charge on any atom is -0.308 e. The standard InChI is InChI=1S/C16H32N2S/c1-5-14-11-17-16(9-7-6-8-10-16)13-18(14)12-15(2,3)19-4/h14,17H,5-13H2,1-4H3. The molecule has 1 heterocycles. The minimum absolute atomic E-state index is 0.376. The molecule has 1 atom stereocenters. The molecule has 0 aromatic rings.